The highest BCUT2D eigenvalue weighted by Crippen LogP contribution is 2.35. The number of aryl methyl sites for hydroxylation is 1. The van der Waals surface area contributed by atoms with Gasteiger partial charge in [-0.15, -0.1) is 0 Å². The molecule has 1 aromatic rings. The van der Waals surface area contributed by atoms with E-state index in [9.17, 15) is 0 Å². The number of hydrogen-bond donors (Lipinski definition) is 1. The quantitative estimate of drug-likeness (QED) is 0.665. The lowest BCUT2D eigenvalue weighted by Crippen LogP contribution is -2.19. The van der Waals surface area contributed by atoms with Crippen LogP contribution in [-0.4, -0.2) is 11.6 Å². The predicted molar refractivity (Wildman–Crippen MR) is 50.1 cm³/mol. The van der Waals surface area contributed by atoms with Crippen molar-refractivity contribution in [2.75, 3.05) is 7.05 Å². The molecular formula is C10H16N2. The molecule has 2 heteroatoms. The minimum Gasteiger partial charge on any atom is -0.357 e. The topological polar surface area (TPSA) is 17.0 Å². The molecule has 0 bridgehead atoms. The molecule has 0 saturated carbocycles. The Balaban J connectivity index is 2.38. The van der Waals surface area contributed by atoms with Gasteiger partial charge in [0.05, 0.1) is 0 Å². The Morgan fingerprint density at radius 3 is 2.92 bits per heavy atom. The van der Waals surface area contributed by atoms with Crippen LogP contribution in [0.15, 0.2) is 12.4 Å². The molecule has 0 fully saturated rings. The molecule has 2 nitrogen and oxygen atoms in total. The number of nitrogens with one attached hydrogen (secondary N) is 1. The first-order valence-corrected chi connectivity index (χ1v) is 4.54. The third-order valence-electron chi connectivity index (χ3n) is 2.83. The minimum atomic E-state index is 0.571. The van der Waals surface area contributed by atoms with Crippen molar-refractivity contribution in [3.8, 4) is 0 Å². The number of nitrogens with zero attached hydrogens (tertiary/aromatic N) is 1. The summed E-state index contributed by atoms with van der Waals surface area (Å²) in [4.78, 5) is 0. The van der Waals surface area contributed by atoms with Gasteiger partial charge in [0.2, 0.25) is 0 Å². The van der Waals surface area contributed by atoms with Crippen molar-refractivity contribution in [2.24, 2.45) is 13.0 Å². The van der Waals surface area contributed by atoms with E-state index in [1.807, 2.05) is 7.05 Å². The first kappa shape index (κ1) is 7.87. The van der Waals surface area contributed by atoms with E-state index in [0.717, 1.165) is 5.92 Å². The van der Waals surface area contributed by atoms with Crippen LogP contribution < -0.4 is 5.32 Å². The van der Waals surface area contributed by atoms with Crippen LogP contribution in [0.5, 0.6) is 0 Å². The molecule has 66 valence electrons. The zero-order valence-electron chi connectivity index (χ0n) is 7.96. The lowest BCUT2D eigenvalue weighted by molar-refractivity contribution is 0.444. The molecule has 12 heavy (non-hydrogen) atoms. The lowest BCUT2D eigenvalue weighted by Gasteiger charge is -2.14. The highest BCUT2D eigenvalue weighted by atomic mass is 14.9. The van der Waals surface area contributed by atoms with Crippen molar-refractivity contribution in [2.45, 2.75) is 19.4 Å². The van der Waals surface area contributed by atoms with Gasteiger partial charge in [-0.25, -0.2) is 0 Å². The van der Waals surface area contributed by atoms with Gasteiger partial charge < -0.3 is 9.88 Å². The van der Waals surface area contributed by atoms with Gasteiger partial charge >= 0.3 is 0 Å². The molecule has 0 amide bonds. The molecule has 1 aliphatic carbocycles. The minimum absolute atomic E-state index is 0.571. The molecule has 0 spiro atoms. The molecule has 2 atom stereocenters. The lowest BCUT2D eigenvalue weighted by atomic mass is 10.0. The van der Waals surface area contributed by atoms with Gasteiger partial charge in [0, 0.05) is 25.5 Å². The van der Waals surface area contributed by atoms with Crippen LogP contribution in [0.1, 0.15) is 24.1 Å². The van der Waals surface area contributed by atoms with Crippen molar-refractivity contribution in [3.05, 3.63) is 23.5 Å². The number of aromatic nitrogens is 1. The first-order valence-electron chi connectivity index (χ1n) is 4.54. The summed E-state index contributed by atoms with van der Waals surface area (Å²) < 4.78 is 2.15. The van der Waals surface area contributed by atoms with Crippen LogP contribution in [0.3, 0.4) is 0 Å². The van der Waals surface area contributed by atoms with Crippen LogP contribution in [0.2, 0.25) is 0 Å². The highest BCUT2D eigenvalue weighted by molar-refractivity contribution is 5.33. The SMILES string of the molecule is CNC1c2cn(C)cc2CC1C. The summed E-state index contributed by atoms with van der Waals surface area (Å²) >= 11 is 0. The van der Waals surface area contributed by atoms with Crippen LogP contribution >= 0.6 is 0 Å². The average Bonchev–Trinajstić information content (AvgIpc) is 2.43. The van der Waals surface area contributed by atoms with E-state index in [1.54, 1.807) is 0 Å². The van der Waals surface area contributed by atoms with Crippen molar-refractivity contribution < 1.29 is 0 Å². The first-order chi connectivity index (χ1) is 5.72. The molecule has 0 aliphatic heterocycles. The fourth-order valence-electron chi connectivity index (χ4n) is 2.32. The standard InChI is InChI=1S/C10H16N2/c1-7-4-8-5-12(3)6-9(8)10(7)11-2/h5-7,10-11H,4H2,1-3H3. The molecule has 0 radical (unpaired) electrons. The van der Waals surface area contributed by atoms with E-state index in [1.165, 1.54) is 17.5 Å². The van der Waals surface area contributed by atoms with E-state index in [2.05, 4.69) is 36.2 Å². The van der Waals surface area contributed by atoms with E-state index in [-0.39, 0.29) is 0 Å². The van der Waals surface area contributed by atoms with E-state index >= 15 is 0 Å². The van der Waals surface area contributed by atoms with Gasteiger partial charge in [0.25, 0.3) is 0 Å². The van der Waals surface area contributed by atoms with Gasteiger partial charge in [-0.2, -0.15) is 0 Å². The van der Waals surface area contributed by atoms with Gasteiger partial charge in [-0.05, 0) is 30.5 Å². The molecule has 2 rings (SSSR count). The Kier molecular flexibility index (Phi) is 1.72. The van der Waals surface area contributed by atoms with Crippen LogP contribution in [0, 0.1) is 5.92 Å². The largest absolute Gasteiger partial charge is 0.357 e. The second-order valence-corrected chi connectivity index (χ2v) is 3.85. The Morgan fingerprint density at radius 1 is 1.50 bits per heavy atom. The maximum atomic E-state index is 3.37. The van der Waals surface area contributed by atoms with Crippen molar-refractivity contribution in [3.63, 3.8) is 0 Å². The fraction of sp³-hybridized carbons (Fsp3) is 0.600. The summed E-state index contributed by atoms with van der Waals surface area (Å²) in [7, 11) is 4.14. The van der Waals surface area contributed by atoms with Gasteiger partial charge in [-0.3, -0.25) is 0 Å². The van der Waals surface area contributed by atoms with Crippen LogP contribution in [-0.2, 0) is 13.5 Å². The number of hydrogen-bond acceptors (Lipinski definition) is 1. The molecule has 1 aromatic heterocycles. The Labute approximate surface area is 73.6 Å². The molecule has 1 aliphatic rings. The average molecular weight is 164 g/mol. The number of fused-ring (bicyclic) bond motifs is 1. The maximum absolute atomic E-state index is 3.37. The normalized spacial score (nSPS) is 27.6. The zero-order chi connectivity index (χ0) is 8.72. The van der Waals surface area contributed by atoms with Gasteiger partial charge in [-0.1, -0.05) is 6.92 Å². The summed E-state index contributed by atoms with van der Waals surface area (Å²) in [5, 5.41) is 3.37. The fourth-order valence-corrected chi connectivity index (χ4v) is 2.32. The molecular weight excluding hydrogens is 148 g/mol. The Morgan fingerprint density at radius 2 is 2.25 bits per heavy atom. The monoisotopic (exact) mass is 164 g/mol. The third-order valence-corrected chi connectivity index (χ3v) is 2.83. The van der Waals surface area contributed by atoms with Crippen molar-refractivity contribution >= 4 is 0 Å². The Bertz CT molecular complexity index is 288. The number of rotatable bonds is 1. The molecule has 1 heterocycles. The van der Waals surface area contributed by atoms with Crippen molar-refractivity contribution in [1.29, 1.82) is 0 Å². The molecule has 0 saturated heterocycles. The zero-order valence-corrected chi connectivity index (χ0v) is 7.96. The smallest absolute Gasteiger partial charge is 0.0364 e. The Hall–Kier alpha value is -0.760. The van der Waals surface area contributed by atoms with Gasteiger partial charge in [0.15, 0.2) is 0 Å². The molecule has 2 unspecified atom stereocenters. The van der Waals surface area contributed by atoms with Crippen LogP contribution in [0.25, 0.3) is 0 Å². The predicted octanol–water partition coefficient (Wildman–Crippen LogP) is 1.48. The highest BCUT2D eigenvalue weighted by Gasteiger charge is 2.28. The summed E-state index contributed by atoms with van der Waals surface area (Å²) in [6.07, 6.45) is 5.70. The van der Waals surface area contributed by atoms with Crippen LogP contribution in [0.4, 0.5) is 0 Å². The van der Waals surface area contributed by atoms with Crippen molar-refractivity contribution in [1.82, 2.24) is 9.88 Å². The van der Waals surface area contributed by atoms with Gasteiger partial charge in [0.1, 0.15) is 0 Å². The third kappa shape index (κ3) is 0.985. The maximum Gasteiger partial charge on any atom is 0.0364 e. The van der Waals surface area contributed by atoms with E-state index in [0.29, 0.717) is 6.04 Å². The van der Waals surface area contributed by atoms with E-state index in [4.69, 9.17) is 0 Å². The summed E-state index contributed by atoms with van der Waals surface area (Å²) in [5.41, 5.74) is 3.01. The second-order valence-electron chi connectivity index (χ2n) is 3.85. The molecule has 1 N–H and O–H groups in total. The summed E-state index contributed by atoms with van der Waals surface area (Å²) in [5.74, 6) is 0.751. The molecule has 0 aromatic carbocycles. The summed E-state index contributed by atoms with van der Waals surface area (Å²) in [6.45, 7) is 2.31. The van der Waals surface area contributed by atoms with E-state index < -0.39 is 0 Å². The second kappa shape index (κ2) is 2.63. The summed E-state index contributed by atoms with van der Waals surface area (Å²) in [6, 6.07) is 0.571.